The van der Waals surface area contributed by atoms with Crippen molar-refractivity contribution in [3.05, 3.63) is 17.6 Å². The van der Waals surface area contributed by atoms with Crippen molar-refractivity contribution < 1.29 is 9.90 Å². The third-order valence-electron chi connectivity index (χ3n) is 3.95. The van der Waals surface area contributed by atoms with Crippen LogP contribution in [-0.4, -0.2) is 27.6 Å². The van der Waals surface area contributed by atoms with E-state index in [2.05, 4.69) is 29.1 Å². The fourth-order valence-corrected chi connectivity index (χ4v) is 3.07. The summed E-state index contributed by atoms with van der Waals surface area (Å²) in [6.45, 7) is 4.91. The van der Waals surface area contributed by atoms with Crippen LogP contribution in [0.1, 0.15) is 50.8 Å². The predicted molar refractivity (Wildman–Crippen MR) is 82.4 cm³/mol. The number of nitrogens with one attached hydrogen (secondary N) is 1. The maximum absolute atomic E-state index is 11.0. The third-order valence-corrected chi connectivity index (χ3v) is 3.95. The highest BCUT2D eigenvalue weighted by Gasteiger charge is 2.18. The molecule has 21 heavy (non-hydrogen) atoms. The Hall–Kier alpha value is -1.65. The number of aliphatic carboxylic acids is 1. The van der Waals surface area contributed by atoms with E-state index < -0.39 is 5.97 Å². The van der Waals surface area contributed by atoms with E-state index in [1.165, 1.54) is 18.4 Å². The number of carboxylic acid groups (broad SMARTS) is 1. The second kappa shape index (κ2) is 7.38. The Balaban J connectivity index is 2.01. The molecule has 1 aromatic rings. The first-order valence-electron chi connectivity index (χ1n) is 7.84. The summed E-state index contributed by atoms with van der Waals surface area (Å²) in [7, 11) is 0. The molecule has 5 heteroatoms. The van der Waals surface area contributed by atoms with Crippen LogP contribution in [0.2, 0.25) is 0 Å². The van der Waals surface area contributed by atoms with Gasteiger partial charge >= 0.3 is 5.97 Å². The second-order valence-electron chi connectivity index (χ2n) is 6.33. The number of aryl methyl sites for hydroxylation is 1. The Labute approximate surface area is 126 Å². The molecule has 0 aliphatic heterocycles. The average Bonchev–Trinajstić information content (AvgIpc) is 2.43. The summed E-state index contributed by atoms with van der Waals surface area (Å²) in [5.41, 5.74) is 2.37. The summed E-state index contributed by atoms with van der Waals surface area (Å²) in [5, 5.41) is 12.4. The molecule has 2 N–H and O–H groups in total. The van der Waals surface area contributed by atoms with Gasteiger partial charge in [0, 0.05) is 24.2 Å². The predicted octanol–water partition coefficient (Wildman–Crippen LogP) is 2.90. The lowest BCUT2D eigenvalue weighted by molar-refractivity contribution is -0.138. The van der Waals surface area contributed by atoms with Gasteiger partial charge in [0.05, 0.1) is 0 Å². The lowest BCUT2D eigenvalue weighted by atomic mass is 9.93. The van der Waals surface area contributed by atoms with Crippen LogP contribution in [0.3, 0.4) is 0 Å². The minimum atomic E-state index is -0.729. The minimum absolute atomic E-state index is 0.136. The standard InChI is InChI=1S/C16H25N3O2/c1-11(2)7-12(8-15(20)21)9-17-16-13-5-3-4-6-14(13)18-10-19-16/h10-12H,3-9H2,1-2H3,(H,20,21)(H,17,18,19). The van der Waals surface area contributed by atoms with Crippen LogP contribution < -0.4 is 5.32 Å². The van der Waals surface area contributed by atoms with Gasteiger partial charge in [0.15, 0.2) is 0 Å². The van der Waals surface area contributed by atoms with Crippen LogP contribution in [-0.2, 0) is 17.6 Å². The molecule has 0 spiro atoms. The largest absolute Gasteiger partial charge is 0.481 e. The van der Waals surface area contributed by atoms with E-state index in [1.807, 2.05) is 0 Å². The van der Waals surface area contributed by atoms with Gasteiger partial charge in [-0.05, 0) is 43.9 Å². The summed E-state index contributed by atoms with van der Waals surface area (Å²) in [6, 6.07) is 0. The first kappa shape index (κ1) is 15.7. The minimum Gasteiger partial charge on any atom is -0.481 e. The molecule has 2 rings (SSSR count). The van der Waals surface area contributed by atoms with E-state index >= 15 is 0 Å². The van der Waals surface area contributed by atoms with Gasteiger partial charge in [-0.1, -0.05) is 13.8 Å². The van der Waals surface area contributed by atoms with Crippen molar-refractivity contribution in [2.75, 3.05) is 11.9 Å². The molecular formula is C16H25N3O2. The number of aromatic nitrogens is 2. The van der Waals surface area contributed by atoms with Crippen LogP contribution in [0.25, 0.3) is 0 Å². The summed E-state index contributed by atoms with van der Waals surface area (Å²) in [4.78, 5) is 19.7. The molecule has 5 nitrogen and oxygen atoms in total. The summed E-state index contributed by atoms with van der Waals surface area (Å²) >= 11 is 0. The molecule has 1 unspecified atom stereocenters. The van der Waals surface area contributed by atoms with Gasteiger partial charge in [0.1, 0.15) is 12.1 Å². The zero-order valence-electron chi connectivity index (χ0n) is 12.9. The van der Waals surface area contributed by atoms with Crippen molar-refractivity contribution in [1.82, 2.24) is 9.97 Å². The number of nitrogens with zero attached hydrogens (tertiary/aromatic N) is 2. The molecule has 0 amide bonds. The topological polar surface area (TPSA) is 75.1 Å². The lowest BCUT2D eigenvalue weighted by Gasteiger charge is -2.21. The molecule has 0 radical (unpaired) electrons. The van der Waals surface area contributed by atoms with Crippen molar-refractivity contribution in [1.29, 1.82) is 0 Å². The zero-order valence-corrected chi connectivity index (χ0v) is 12.9. The van der Waals surface area contributed by atoms with Crippen LogP contribution in [0.15, 0.2) is 6.33 Å². The Morgan fingerprint density at radius 3 is 2.81 bits per heavy atom. The van der Waals surface area contributed by atoms with Gasteiger partial charge in [-0.15, -0.1) is 0 Å². The molecule has 0 aromatic carbocycles. The summed E-state index contributed by atoms with van der Waals surface area (Å²) < 4.78 is 0. The molecule has 1 atom stereocenters. The van der Waals surface area contributed by atoms with Crippen LogP contribution >= 0.6 is 0 Å². The molecule has 1 aliphatic rings. The number of carbonyl (C=O) groups is 1. The van der Waals surface area contributed by atoms with Crippen molar-refractivity contribution in [2.24, 2.45) is 11.8 Å². The smallest absolute Gasteiger partial charge is 0.303 e. The van der Waals surface area contributed by atoms with E-state index in [0.717, 1.165) is 30.8 Å². The Kier molecular flexibility index (Phi) is 5.53. The van der Waals surface area contributed by atoms with Crippen LogP contribution in [0.4, 0.5) is 5.82 Å². The number of rotatable bonds is 7. The molecule has 0 saturated carbocycles. The number of hydrogen-bond donors (Lipinski definition) is 2. The number of carboxylic acids is 1. The first-order chi connectivity index (χ1) is 10.1. The molecule has 0 fully saturated rings. The van der Waals surface area contributed by atoms with Gasteiger partial charge in [-0.2, -0.15) is 0 Å². The zero-order chi connectivity index (χ0) is 15.2. The average molecular weight is 291 g/mol. The van der Waals surface area contributed by atoms with Crippen molar-refractivity contribution >= 4 is 11.8 Å². The van der Waals surface area contributed by atoms with Gasteiger partial charge in [-0.25, -0.2) is 9.97 Å². The molecular weight excluding hydrogens is 266 g/mol. The number of anilines is 1. The van der Waals surface area contributed by atoms with Gasteiger partial charge in [0.25, 0.3) is 0 Å². The first-order valence-corrected chi connectivity index (χ1v) is 7.84. The maximum Gasteiger partial charge on any atom is 0.303 e. The maximum atomic E-state index is 11.0. The van der Waals surface area contributed by atoms with Crippen molar-refractivity contribution in [3.8, 4) is 0 Å². The highest BCUT2D eigenvalue weighted by molar-refractivity contribution is 5.67. The molecule has 0 bridgehead atoms. The summed E-state index contributed by atoms with van der Waals surface area (Å²) in [6.07, 6.45) is 7.15. The number of hydrogen-bond acceptors (Lipinski definition) is 4. The van der Waals surface area contributed by atoms with E-state index in [4.69, 9.17) is 5.11 Å². The fourth-order valence-electron chi connectivity index (χ4n) is 3.07. The highest BCUT2D eigenvalue weighted by atomic mass is 16.4. The third kappa shape index (κ3) is 4.69. The molecule has 1 heterocycles. The summed E-state index contributed by atoms with van der Waals surface area (Å²) in [5.74, 6) is 0.804. The van der Waals surface area contributed by atoms with E-state index in [-0.39, 0.29) is 12.3 Å². The molecule has 1 aliphatic carbocycles. The monoisotopic (exact) mass is 291 g/mol. The highest BCUT2D eigenvalue weighted by Crippen LogP contribution is 2.25. The Morgan fingerprint density at radius 2 is 2.10 bits per heavy atom. The second-order valence-corrected chi connectivity index (χ2v) is 6.33. The molecule has 0 saturated heterocycles. The van der Waals surface area contributed by atoms with E-state index in [0.29, 0.717) is 12.5 Å². The van der Waals surface area contributed by atoms with E-state index in [1.54, 1.807) is 6.33 Å². The van der Waals surface area contributed by atoms with Gasteiger partial charge < -0.3 is 10.4 Å². The van der Waals surface area contributed by atoms with Crippen LogP contribution in [0.5, 0.6) is 0 Å². The quantitative estimate of drug-likeness (QED) is 0.808. The molecule has 116 valence electrons. The fraction of sp³-hybridized carbons (Fsp3) is 0.688. The lowest BCUT2D eigenvalue weighted by Crippen LogP contribution is -2.21. The van der Waals surface area contributed by atoms with Crippen molar-refractivity contribution in [3.63, 3.8) is 0 Å². The van der Waals surface area contributed by atoms with Gasteiger partial charge in [0.2, 0.25) is 0 Å². The number of fused-ring (bicyclic) bond motifs is 1. The Bertz CT molecular complexity index is 488. The SMILES string of the molecule is CC(C)CC(CNc1ncnc2c1CCCC2)CC(=O)O. The Morgan fingerprint density at radius 1 is 1.33 bits per heavy atom. The van der Waals surface area contributed by atoms with E-state index in [9.17, 15) is 4.79 Å². The van der Waals surface area contributed by atoms with Crippen molar-refractivity contribution in [2.45, 2.75) is 52.4 Å². The van der Waals surface area contributed by atoms with Gasteiger partial charge in [-0.3, -0.25) is 4.79 Å². The van der Waals surface area contributed by atoms with Crippen LogP contribution in [0, 0.1) is 11.8 Å². The normalized spacial score (nSPS) is 15.6. The molecule has 1 aromatic heterocycles.